The van der Waals surface area contributed by atoms with Crippen molar-refractivity contribution in [3.05, 3.63) is 65.5 Å². The average Bonchev–Trinajstić information content (AvgIpc) is 3.30. The number of ether oxygens (including phenoxy) is 2. The molecule has 0 aliphatic carbocycles. The third kappa shape index (κ3) is 5.28. The Bertz CT molecular complexity index is 1060. The molecule has 2 aromatic rings. The van der Waals surface area contributed by atoms with Crippen LogP contribution in [0, 0.1) is 11.7 Å². The fourth-order valence-electron chi connectivity index (χ4n) is 4.60. The lowest BCUT2D eigenvalue weighted by atomic mass is 9.97. The zero-order valence-corrected chi connectivity index (χ0v) is 19.6. The van der Waals surface area contributed by atoms with E-state index < -0.39 is 6.04 Å². The second-order valence-corrected chi connectivity index (χ2v) is 8.58. The first-order valence-electron chi connectivity index (χ1n) is 11.7. The van der Waals surface area contributed by atoms with Crippen LogP contribution in [0.3, 0.4) is 0 Å². The minimum atomic E-state index is -0.531. The minimum Gasteiger partial charge on any atom is -0.497 e. The van der Waals surface area contributed by atoms with Gasteiger partial charge in [0.25, 0.3) is 5.91 Å². The van der Waals surface area contributed by atoms with E-state index in [0.717, 1.165) is 30.7 Å². The Morgan fingerprint density at radius 2 is 1.91 bits per heavy atom. The third-order valence-corrected chi connectivity index (χ3v) is 6.34. The first kappa shape index (κ1) is 23.9. The molecule has 180 valence electrons. The topological polar surface area (TPSA) is 71.4 Å². The van der Waals surface area contributed by atoms with E-state index >= 15 is 0 Å². The number of carbonyl (C=O) groups is 2. The Hall–Kier alpha value is -3.26. The molecule has 2 heterocycles. The third-order valence-electron chi connectivity index (χ3n) is 6.34. The van der Waals surface area contributed by atoms with Crippen LogP contribution in [0.25, 0.3) is 0 Å². The first-order valence-corrected chi connectivity index (χ1v) is 11.7. The molecule has 34 heavy (non-hydrogen) atoms. The quantitative estimate of drug-likeness (QED) is 0.580. The molecule has 0 saturated carbocycles. The van der Waals surface area contributed by atoms with E-state index in [0.29, 0.717) is 30.8 Å². The fraction of sp³-hybridized carbons (Fsp3) is 0.423. The molecule has 0 radical (unpaired) electrons. The normalized spacial score (nSPS) is 20.7. The summed E-state index contributed by atoms with van der Waals surface area (Å²) in [5, 5.41) is 6.05. The van der Waals surface area contributed by atoms with Crippen LogP contribution in [0.15, 0.2) is 53.6 Å². The van der Waals surface area contributed by atoms with Crippen LogP contribution in [0.5, 0.6) is 5.75 Å². The van der Waals surface area contributed by atoms with Crippen molar-refractivity contribution in [3.63, 3.8) is 0 Å². The molecule has 7 nitrogen and oxygen atoms in total. The summed E-state index contributed by atoms with van der Waals surface area (Å²) in [4.78, 5) is 27.6. The van der Waals surface area contributed by atoms with Gasteiger partial charge in [0, 0.05) is 18.5 Å². The van der Waals surface area contributed by atoms with Crippen LogP contribution in [0.1, 0.15) is 43.4 Å². The molecule has 2 atom stereocenters. The van der Waals surface area contributed by atoms with Crippen LogP contribution in [0.2, 0.25) is 0 Å². The van der Waals surface area contributed by atoms with Gasteiger partial charge in [0.1, 0.15) is 11.6 Å². The molecule has 0 spiro atoms. The summed E-state index contributed by atoms with van der Waals surface area (Å²) >= 11 is 0. The zero-order chi connectivity index (χ0) is 24.1. The van der Waals surface area contributed by atoms with Crippen molar-refractivity contribution in [3.8, 4) is 5.75 Å². The summed E-state index contributed by atoms with van der Waals surface area (Å²) in [7, 11) is 1.60. The van der Waals surface area contributed by atoms with Crippen molar-refractivity contribution in [2.24, 2.45) is 11.0 Å². The summed E-state index contributed by atoms with van der Waals surface area (Å²) < 4.78 is 25.1. The second-order valence-electron chi connectivity index (χ2n) is 8.58. The van der Waals surface area contributed by atoms with E-state index in [-0.39, 0.29) is 30.2 Å². The summed E-state index contributed by atoms with van der Waals surface area (Å²) in [6.45, 7) is 3.43. The van der Waals surface area contributed by atoms with E-state index in [1.165, 1.54) is 11.1 Å². The number of hydrogen-bond acceptors (Lipinski definition) is 6. The zero-order valence-electron chi connectivity index (χ0n) is 19.6. The van der Waals surface area contributed by atoms with Gasteiger partial charge in [0.05, 0.1) is 37.9 Å². The summed E-state index contributed by atoms with van der Waals surface area (Å²) in [5.41, 5.74) is 2.01. The molecule has 0 bridgehead atoms. The lowest BCUT2D eigenvalue weighted by Crippen LogP contribution is -2.45. The molecule has 1 amide bonds. The largest absolute Gasteiger partial charge is 0.497 e. The van der Waals surface area contributed by atoms with Crippen molar-refractivity contribution in [2.45, 2.75) is 32.2 Å². The van der Waals surface area contributed by atoms with E-state index in [1.807, 2.05) is 29.2 Å². The summed E-state index contributed by atoms with van der Waals surface area (Å²) in [6, 6.07) is 13.4. The monoisotopic (exact) mass is 467 g/mol. The number of carbonyl (C=O) groups excluding carboxylic acids is 2. The maximum atomic E-state index is 14.7. The maximum Gasteiger partial charge on any atom is 0.310 e. The second kappa shape index (κ2) is 10.8. The smallest absolute Gasteiger partial charge is 0.310 e. The predicted molar refractivity (Wildman–Crippen MR) is 126 cm³/mol. The van der Waals surface area contributed by atoms with Crippen LogP contribution in [-0.4, -0.2) is 60.8 Å². The van der Waals surface area contributed by atoms with Crippen molar-refractivity contribution >= 4 is 17.6 Å². The molecular formula is C26H30FN3O4. The van der Waals surface area contributed by atoms with Gasteiger partial charge in [-0.25, -0.2) is 9.40 Å². The number of rotatable bonds is 7. The summed E-state index contributed by atoms with van der Waals surface area (Å²) in [6.07, 6.45) is 1.98. The Morgan fingerprint density at radius 1 is 1.15 bits per heavy atom. The molecule has 2 aliphatic rings. The lowest BCUT2D eigenvalue weighted by molar-refractivity contribution is -0.150. The number of amides is 1. The molecular weight excluding hydrogens is 437 g/mol. The molecule has 4 rings (SSSR count). The number of piperidine rings is 1. The minimum absolute atomic E-state index is 0.111. The fourth-order valence-corrected chi connectivity index (χ4v) is 4.60. The highest BCUT2D eigenvalue weighted by Crippen LogP contribution is 2.34. The molecule has 0 N–H and O–H groups in total. The highest BCUT2D eigenvalue weighted by molar-refractivity contribution is 6.03. The van der Waals surface area contributed by atoms with Crippen LogP contribution >= 0.6 is 0 Å². The van der Waals surface area contributed by atoms with Gasteiger partial charge in [-0.1, -0.05) is 18.2 Å². The van der Waals surface area contributed by atoms with Gasteiger partial charge in [-0.3, -0.25) is 14.5 Å². The van der Waals surface area contributed by atoms with Crippen molar-refractivity contribution < 1.29 is 23.5 Å². The molecule has 8 heteroatoms. The predicted octanol–water partition coefficient (Wildman–Crippen LogP) is 3.79. The molecule has 2 aromatic carbocycles. The number of hydrogen-bond donors (Lipinski definition) is 0. The number of halogens is 1. The Morgan fingerprint density at radius 3 is 2.62 bits per heavy atom. The van der Waals surface area contributed by atoms with E-state index in [2.05, 4.69) is 5.10 Å². The number of esters is 1. The van der Waals surface area contributed by atoms with E-state index in [1.54, 1.807) is 32.2 Å². The van der Waals surface area contributed by atoms with E-state index in [4.69, 9.17) is 9.47 Å². The van der Waals surface area contributed by atoms with Crippen LogP contribution in [0.4, 0.5) is 4.39 Å². The Labute approximate surface area is 199 Å². The van der Waals surface area contributed by atoms with Crippen molar-refractivity contribution in [1.29, 1.82) is 0 Å². The molecule has 2 unspecified atom stereocenters. The van der Waals surface area contributed by atoms with Gasteiger partial charge >= 0.3 is 5.97 Å². The van der Waals surface area contributed by atoms with Crippen LogP contribution in [-0.2, 0) is 14.3 Å². The molecule has 0 aromatic heterocycles. The number of benzene rings is 2. The average molecular weight is 468 g/mol. The van der Waals surface area contributed by atoms with Gasteiger partial charge in [-0.05, 0) is 62.2 Å². The Kier molecular flexibility index (Phi) is 7.57. The SMILES string of the molecule is CCOC(=O)C1CCCN(CC(=O)N2N=C(c3ccc(OC)cc3)CC2c2ccccc2F)C1. The maximum absolute atomic E-state index is 14.7. The van der Waals surface area contributed by atoms with Gasteiger partial charge in [-0.2, -0.15) is 5.10 Å². The van der Waals surface area contributed by atoms with Gasteiger partial charge in [0.2, 0.25) is 0 Å². The number of nitrogens with zero attached hydrogens (tertiary/aromatic N) is 3. The lowest BCUT2D eigenvalue weighted by Gasteiger charge is -2.32. The molecule has 1 saturated heterocycles. The molecule has 1 fully saturated rings. The van der Waals surface area contributed by atoms with Crippen molar-refractivity contribution in [1.82, 2.24) is 9.91 Å². The highest BCUT2D eigenvalue weighted by atomic mass is 19.1. The number of likely N-dealkylation sites (tertiary alicyclic amines) is 1. The van der Waals surface area contributed by atoms with Gasteiger partial charge in [-0.15, -0.1) is 0 Å². The Balaban J connectivity index is 1.55. The van der Waals surface area contributed by atoms with Crippen LogP contribution < -0.4 is 4.74 Å². The highest BCUT2D eigenvalue weighted by Gasteiger charge is 2.36. The van der Waals surface area contributed by atoms with E-state index in [9.17, 15) is 14.0 Å². The number of hydrazone groups is 1. The first-order chi connectivity index (χ1) is 16.5. The van der Waals surface area contributed by atoms with Crippen molar-refractivity contribution in [2.75, 3.05) is 33.4 Å². The standard InChI is InChI=1S/C26H30FN3O4/c1-3-34-26(32)19-7-6-14-29(16-19)17-25(31)30-24(21-8-4-5-9-22(21)27)15-23(28-30)18-10-12-20(33-2)13-11-18/h4-5,8-13,19,24H,3,6-7,14-17H2,1-2H3. The number of methoxy groups -OCH3 is 1. The molecule has 2 aliphatic heterocycles. The summed E-state index contributed by atoms with van der Waals surface area (Å²) in [5.74, 6) is -0.314. The van der Waals surface area contributed by atoms with Gasteiger partial charge in [0.15, 0.2) is 0 Å². The van der Waals surface area contributed by atoms with Gasteiger partial charge < -0.3 is 9.47 Å².